The van der Waals surface area contributed by atoms with Gasteiger partial charge >= 0.3 is 0 Å². The minimum absolute atomic E-state index is 0. The van der Waals surface area contributed by atoms with Crippen LogP contribution in [0.15, 0.2) is 67.0 Å². The molecule has 1 N–H and O–H groups in total. The number of benzene rings is 1. The van der Waals surface area contributed by atoms with Crippen molar-refractivity contribution < 1.29 is 27.5 Å². The van der Waals surface area contributed by atoms with E-state index in [0.29, 0.717) is 5.56 Å². The monoisotopic (exact) mass is 497 g/mol. The number of rotatable bonds is 3. The number of para-hydroxylation sites is 1. The molecule has 0 aliphatic rings. The zero-order chi connectivity index (χ0) is 15.6. The number of pyridine rings is 1. The van der Waals surface area contributed by atoms with Crippen LogP contribution in [0.3, 0.4) is 0 Å². The van der Waals surface area contributed by atoms with Crippen LogP contribution in [0.25, 0.3) is 28.5 Å². The first-order valence-electron chi connectivity index (χ1n) is 7.12. The molecule has 4 rings (SSSR count). The molecule has 3 aromatic heterocycles. The van der Waals surface area contributed by atoms with Gasteiger partial charge in [-0.2, -0.15) is 0 Å². The van der Waals surface area contributed by atoms with Crippen molar-refractivity contribution in [3.8, 4) is 34.2 Å². The number of aromatic hydroxyl groups is 1. The third-order valence-electron chi connectivity index (χ3n) is 3.52. The number of aromatic nitrogens is 4. The third-order valence-corrected chi connectivity index (χ3v) is 3.52. The first kappa shape index (κ1) is 16.3. The van der Waals surface area contributed by atoms with Crippen LogP contribution < -0.4 is 4.98 Å². The van der Waals surface area contributed by atoms with E-state index in [-0.39, 0.29) is 28.1 Å². The number of imidazole rings is 1. The minimum atomic E-state index is 0. The van der Waals surface area contributed by atoms with Crippen molar-refractivity contribution >= 4 is 0 Å². The number of phenols is 1. The second-order valence-electron chi connectivity index (χ2n) is 5.01. The topological polar surface area (TPSA) is 65.0 Å². The molecule has 0 fully saturated rings. The van der Waals surface area contributed by atoms with Crippen LogP contribution in [0.5, 0.6) is 5.75 Å². The summed E-state index contributed by atoms with van der Waals surface area (Å²) in [6.07, 6.45) is 6.27. The molecule has 0 bridgehead atoms. The van der Waals surface area contributed by atoms with Gasteiger partial charge in [0.1, 0.15) is 5.75 Å². The van der Waals surface area contributed by atoms with Gasteiger partial charge in [0.15, 0.2) is 0 Å². The maximum atomic E-state index is 9.94. The van der Waals surface area contributed by atoms with E-state index in [9.17, 15) is 5.11 Å². The molecule has 0 unspecified atom stereocenters. The Labute approximate surface area is 154 Å². The number of phenolic OH excluding ortho intramolecular Hbond substituents is 1. The summed E-state index contributed by atoms with van der Waals surface area (Å²) in [5.74, 6) is 0.944. The van der Waals surface area contributed by atoms with Crippen LogP contribution in [0.4, 0.5) is 0 Å². The Bertz CT molecular complexity index is 947. The molecular weight excluding hydrogens is 485 g/mol. The molecular formula is C18H12AuN4O-2. The third kappa shape index (κ3) is 3.05. The van der Waals surface area contributed by atoms with Gasteiger partial charge in [-0.3, -0.25) is 4.98 Å². The van der Waals surface area contributed by atoms with Crippen molar-refractivity contribution in [2.24, 2.45) is 0 Å². The summed E-state index contributed by atoms with van der Waals surface area (Å²) in [6, 6.07) is 16.6. The molecule has 0 aliphatic carbocycles. The van der Waals surface area contributed by atoms with E-state index in [1.807, 2.05) is 42.5 Å². The first-order chi connectivity index (χ1) is 11.3. The SMILES string of the molecule is Oc1ccccc1-c1ccc(-c2cccc(-n3[c-]ncc3)n2)[n-]1.[Au]. The minimum Gasteiger partial charge on any atom is -0.656 e. The molecule has 0 spiro atoms. The molecule has 0 atom stereocenters. The fraction of sp³-hybridized carbons (Fsp3) is 0. The molecule has 0 aliphatic heterocycles. The van der Waals surface area contributed by atoms with Crippen molar-refractivity contribution in [1.82, 2.24) is 19.5 Å². The van der Waals surface area contributed by atoms with Gasteiger partial charge < -0.3 is 19.6 Å². The summed E-state index contributed by atoms with van der Waals surface area (Å²) < 4.78 is 1.72. The van der Waals surface area contributed by atoms with Crippen molar-refractivity contribution in [3.05, 3.63) is 73.3 Å². The second kappa shape index (κ2) is 6.88. The van der Waals surface area contributed by atoms with Crippen LogP contribution in [0.2, 0.25) is 0 Å². The normalized spacial score (nSPS) is 10.3. The largest absolute Gasteiger partial charge is 0.656 e. The second-order valence-corrected chi connectivity index (χ2v) is 5.01. The Hall–Kier alpha value is -2.60. The Balaban J connectivity index is 0.00000169. The molecule has 4 aromatic rings. The average molecular weight is 497 g/mol. The Morgan fingerprint density at radius 1 is 0.958 bits per heavy atom. The average Bonchev–Trinajstić information content (AvgIpc) is 3.27. The Morgan fingerprint density at radius 3 is 2.58 bits per heavy atom. The fourth-order valence-electron chi connectivity index (χ4n) is 2.40. The zero-order valence-electron chi connectivity index (χ0n) is 12.4. The molecule has 5 nitrogen and oxygen atoms in total. The van der Waals surface area contributed by atoms with Gasteiger partial charge in [0.05, 0.1) is 5.82 Å². The molecule has 0 saturated heterocycles. The van der Waals surface area contributed by atoms with Gasteiger partial charge in [-0.15, -0.1) is 11.4 Å². The van der Waals surface area contributed by atoms with E-state index in [0.717, 1.165) is 22.9 Å². The molecule has 1 radical (unpaired) electrons. The van der Waals surface area contributed by atoms with Gasteiger partial charge in [0.2, 0.25) is 0 Å². The van der Waals surface area contributed by atoms with E-state index in [1.54, 1.807) is 29.1 Å². The smallest absolute Gasteiger partial charge is 0.121 e. The van der Waals surface area contributed by atoms with E-state index in [4.69, 9.17) is 0 Å². The van der Waals surface area contributed by atoms with E-state index in [1.165, 1.54) is 0 Å². The predicted molar refractivity (Wildman–Crippen MR) is 86.1 cm³/mol. The van der Waals surface area contributed by atoms with Crippen LogP contribution in [-0.4, -0.2) is 19.6 Å². The summed E-state index contributed by atoms with van der Waals surface area (Å²) >= 11 is 0. The molecule has 0 amide bonds. The van der Waals surface area contributed by atoms with Crippen LogP contribution in [0, 0.1) is 6.33 Å². The standard InChI is InChI=1S/C18H12N4O.Au/c23-17-6-2-1-4-13(17)14-8-9-16(20-14)15-5-3-7-18(21-15)22-11-10-19-12-22;/h1-11H,(H-,20,21,23);/q-2;. The predicted octanol–water partition coefficient (Wildman–Crippen LogP) is 3.06. The van der Waals surface area contributed by atoms with Gasteiger partial charge in [0.25, 0.3) is 0 Å². The zero-order valence-corrected chi connectivity index (χ0v) is 14.6. The number of hydrogen-bond donors (Lipinski definition) is 1. The Kier molecular flexibility index (Phi) is 4.66. The molecule has 1 aromatic carbocycles. The van der Waals surface area contributed by atoms with Gasteiger partial charge in [-0.05, 0) is 12.1 Å². The Morgan fingerprint density at radius 2 is 1.79 bits per heavy atom. The van der Waals surface area contributed by atoms with Crippen molar-refractivity contribution in [2.75, 3.05) is 0 Å². The summed E-state index contributed by atoms with van der Waals surface area (Å²) in [5, 5.41) is 9.94. The van der Waals surface area contributed by atoms with Crippen LogP contribution in [-0.2, 0) is 22.4 Å². The van der Waals surface area contributed by atoms with Crippen LogP contribution >= 0.6 is 0 Å². The van der Waals surface area contributed by atoms with Gasteiger partial charge in [-0.25, -0.2) is 0 Å². The first-order valence-corrected chi connectivity index (χ1v) is 7.12. The number of nitrogens with zero attached hydrogens (tertiary/aromatic N) is 4. The van der Waals surface area contributed by atoms with E-state index < -0.39 is 0 Å². The van der Waals surface area contributed by atoms with Crippen LogP contribution in [0.1, 0.15) is 0 Å². The van der Waals surface area contributed by atoms with E-state index in [2.05, 4.69) is 21.3 Å². The van der Waals surface area contributed by atoms with Gasteiger partial charge in [-0.1, -0.05) is 54.9 Å². The molecule has 123 valence electrons. The van der Waals surface area contributed by atoms with Crippen molar-refractivity contribution in [2.45, 2.75) is 0 Å². The maximum Gasteiger partial charge on any atom is 0.121 e. The number of hydrogen-bond acceptors (Lipinski definition) is 3. The quantitative estimate of drug-likeness (QED) is 0.349. The van der Waals surface area contributed by atoms with Crippen molar-refractivity contribution in [3.63, 3.8) is 0 Å². The van der Waals surface area contributed by atoms with E-state index >= 15 is 0 Å². The summed E-state index contributed by atoms with van der Waals surface area (Å²) in [5.41, 5.74) is 2.94. The maximum absolute atomic E-state index is 9.94. The molecule has 0 saturated carbocycles. The molecule has 6 heteroatoms. The summed E-state index contributed by atoms with van der Waals surface area (Å²) in [6.45, 7) is 0. The summed E-state index contributed by atoms with van der Waals surface area (Å²) in [4.78, 5) is 13.1. The molecule has 3 heterocycles. The fourth-order valence-corrected chi connectivity index (χ4v) is 2.40. The molecule has 24 heavy (non-hydrogen) atoms. The van der Waals surface area contributed by atoms with Gasteiger partial charge in [0, 0.05) is 40.0 Å². The summed E-state index contributed by atoms with van der Waals surface area (Å²) in [7, 11) is 0. The van der Waals surface area contributed by atoms with Crippen molar-refractivity contribution in [1.29, 1.82) is 0 Å².